The zero-order valence-electron chi connectivity index (χ0n) is 13.5. The van der Waals surface area contributed by atoms with Crippen molar-refractivity contribution < 1.29 is 20.2 Å². The van der Waals surface area contributed by atoms with E-state index in [9.17, 15) is 15.3 Å². The third kappa shape index (κ3) is 2.39. The normalized spacial score (nSPS) is 11.2. The second-order valence-electron chi connectivity index (χ2n) is 6.04. The van der Waals surface area contributed by atoms with Gasteiger partial charge in [0.15, 0.2) is 5.75 Å². The standard InChI is InChI=1S/C19H16BNO4/c1-12-10-15(20(22)23)19(25-24)18(11-12)21-16-8-4-2-6-13(16)14-7-3-5-9-17(14)21/h2-11,22-24H,1H3. The lowest BCUT2D eigenvalue weighted by Gasteiger charge is -2.15. The summed E-state index contributed by atoms with van der Waals surface area (Å²) in [5.74, 6) is 0.0205. The number of hydrogen-bond donors (Lipinski definition) is 3. The van der Waals surface area contributed by atoms with Gasteiger partial charge in [0.05, 0.1) is 16.7 Å². The zero-order valence-corrected chi connectivity index (χ0v) is 13.5. The Morgan fingerprint density at radius 3 is 1.96 bits per heavy atom. The number of aromatic nitrogens is 1. The third-order valence-corrected chi connectivity index (χ3v) is 4.43. The SMILES string of the molecule is Cc1cc(B(O)O)c(OO)c(-n2c3ccccc3c3ccccc32)c1. The van der Waals surface area contributed by atoms with Crippen molar-refractivity contribution in [3.8, 4) is 11.4 Å². The van der Waals surface area contributed by atoms with Gasteiger partial charge in [0, 0.05) is 16.2 Å². The average Bonchev–Trinajstić information content (AvgIpc) is 2.95. The first-order valence-corrected chi connectivity index (χ1v) is 7.92. The molecule has 0 radical (unpaired) electrons. The Morgan fingerprint density at radius 2 is 1.44 bits per heavy atom. The van der Waals surface area contributed by atoms with Crippen LogP contribution in [0, 0.1) is 6.92 Å². The van der Waals surface area contributed by atoms with Crippen molar-refractivity contribution in [3.05, 3.63) is 66.2 Å². The molecule has 0 bridgehead atoms. The molecular formula is C19H16BNO4. The maximum absolute atomic E-state index is 9.66. The lowest BCUT2D eigenvalue weighted by molar-refractivity contribution is -0.136. The average molecular weight is 333 g/mol. The lowest BCUT2D eigenvalue weighted by atomic mass is 9.78. The molecule has 0 unspecified atom stereocenters. The summed E-state index contributed by atoms with van der Waals surface area (Å²) >= 11 is 0. The number of para-hydroxylation sites is 2. The molecule has 5 nitrogen and oxygen atoms in total. The summed E-state index contributed by atoms with van der Waals surface area (Å²) in [5, 5.41) is 30.9. The van der Waals surface area contributed by atoms with Gasteiger partial charge in [-0.25, -0.2) is 5.26 Å². The Bertz CT molecular complexity index is 1030. The van der Waals surface area contributed by atoms with Crippen LogP contribution in [0.15, 0.2) is 60.7 Å². The predicted molar refractivity (Wildman–Crippen MR) is 98.6 cm³/mol. The smallest absolute Gasteiger partial charge is 0.423 e. The fourth-order valence-electron chi connectivity index (χ4n) is 3.42. The van der Waals surface area contributed by atoms with Crippen molar-refractivity contribution in [2.75, 3.05) is 0 Å². The molecule has 0 atom stereocenters. The molecule has 25 heavy (non-hydrogen) atoms. The van der Waals surface area contributed by atoms with Gasteiger partial charge in [-0.15, -0.1) is 0 Å². The minimum atomic E-state index is -1.76. The third-order valence-electron chi connectivity index (χ3n) is 4.43. The van der Waals surface area contributed by atoms with Crippen molar-refractivity contribution in [2.24, 2.45) is 0 Å². The van der Waals surface area contributed by atoms with Crippen LogP contribution in [0.2, 0.25) is 0 Å². The van der Waals surface area contributed by atoms with E-state index in [-0.39, 0.29) is 11.2 Å². The first-order valence-electron chi connectivity index (χ1n) is 7.92. The second kappa shape index (κ2) is 5.93. The maximum atomic E-state index is 9.66. The molecule has 0 saturated carbocycles. The van der Waals surface area contributed by atoms with E-state index in [0.29, 0.717) is 5.69 Å². The van der Waals surface area contributed by atoms with Crippen LogP contribution in [0.5, 0.6) is 5.75 Å². The molecule has 0 aliphatic carbocycles. The summed E-state index contributed by atoms with van der Waals surface area (Å²) < 4.78 is 1.95. The number of aryl methyl sites for hydroxylation is 1. The highest BCUT2D eigenvalue weighted by Crippen LogP contribution is 2.34. The van der Waals surface area contributed by atoms with Crippen LogP contribution in [0.25, 0.3) is 27.5 Å². The van der Waals surface area contributed by atoms with Gasteiger partial charge >= 0.3 is 7.12 Å². The van der Waals surface area contributed by atoms with E-state index in [4.69, 9.17) is 0 Å². The van der Waals surface area contributed by atoms with Crippen LogP contribution in [-0.4, -0.2) is 27.0 Å². The van der Waals surface area contributed by atoms with E-state index in [0.717, 1.165) is 27.4 Å². The summed E-state index contributed by atoms with van der Waals surface area (Å²) in [6.07, 6.45) is 0. The molecule has 6 heteroatoms. The van der Waals surface area contributed by atoms with Crippen LogP contribution in [0.4, 0.5) is 0 Å². The molecule has 0 saturated heterocycles. The molecule has 4 rings (SSSR count). The van der Waals surface area contributed by atoms with Crippen molar-refractivity contribution in [2.45, 2.75) is 6.92 Å². The second-order valence-corrected chi connectivity index (χ2v) is 6.04. The van der Waals surface area contributed by atoms with Gasteiger partial charge in [-0.2, -0.15) is 0 Å². The van der Waals surface area contributed by atoms with Crippen LogP contribution < -0.4 is 10.4 Å². The molecule has 4 aromatic rings. The van der Waals surface area contributed by atoms with Crippen molar-refractivity contribution in [1.82, 2.24) is 4.57 Å². The van der Waals surface area contributed by atoms with Crippen molar-refractivity contribution in [1.29, 1.82) is 0 Å². The molecule has 0 spiro atoms. The van der Waals surface area contributed by atoms with Gasteiger partial charge in [0.1, 0.15) is 0 Å². The molecule has 0 aliphatic heterocycles. The van der Waals surface area contributed by atoms with Gasteiger partial charge in [-0.1, -0.05) is 42.5 Å². The van der Waals surface area contributed by atoms with E-state index < -0.39 is 7.12 Å². The van der Waals surface area contributed by atoms with Gasteiger partial charge < -0.3 is 19.5 Å². The number of rotatable bonds is 3. The summed E-state index contributed by atoms with van der Waals surface area (Å²) in [7, 11) is -1.76. The van der Waals surface area contributed by atoms with E-state index in [1.54, 1.807) is 6.07 Å². The molecule has 124 valence electrons. The zero-order chi connectivity index (χ0) is 17.6. The molecule has 0 aliphatic rings. The fraction of sp³-hybridized carbons (Fsp3) is 0.0526. The predicted octanol–water partition coefficient (Wildman–Crippen LogP) is 2.62. The molecule has 3 N–H and O–H groups in total. The fourth-order valence-corrected chi connectivity index (χ4v) is 3.42. The number of fused-ring (bicyclic) bond motifs is 3. The largest absolute Gasteiger partial charge is 0.492 e. The van der Waals surface area contributed by atoms with E-state index in [1.807, 2.05) is 66.1 Å². The molecule has 3 aromatic carbocycles. The number of hydrogen-bond acceptors (Lipinski definition) is 4. The van der Waals surface area contributed by atoms with E-state index in [1.165, 1.54) is 0 Å². The monoisotopic (exact) mass is 333 g/mol. The molecule has 1 heterocycles. The van der Waals surface area contributed by atoms with Crippen LogP contribution in [-0.2, 0) is 0 Å². The minimum Gasteiger partial charge on any atom is -0.423 e. The van der Waals surface area contributed by atoms with Crippen molar-refractivity contribution >= 4 is 34.4 Å². The lowest BCUT2D eigenvalue weighted by Crippen LogP contribution is -2.32. The topological polar surface area (TPSA) is 74.8 Å². The first kappa shape index (κ1) is 15.7. The Kier molecular flexibility index (Phi) is 3.73. The quantitative estimate of drug-likeness (QED) is 0.306. The number of nitrogens with zero attached hydrogens (tertiary/aromatic N) is 1. The van der Waals surface area contributed by atoms with Gasteiger partial charge in [0.2, 0.25) is 0 Å². The number of benzene rings is 3. The van der Waals surface area contributed by atoms with Crippen LogP contribution >= 0.6 is 0 Å². The van der Waals surface area contributed by atoms with Gasteiger partial charge in [-0.3, -0.25) is 0 Å². The highest BCUT2D eigenvalue weighted by molar-refractivity contribution is 6.60. The molecular weight excluding hydrogens is 317 g/mol. The summed E-state index contributed by atoms with van der Waals surface area (Å²) in [6, 6.07) is 19.3. The van der Waals surface area contributed by atoms with Crippen LogP contribution in [0.3, 0.4) is 0 Å². The highest BCUT2D eigenvalue weighted by Gasteiger charge is 2.24. The maximum Gasteiger partial charge on any atom is 0.492 e. The van der Waals surface area contributed by atoms with Gasteiger partial charge in [-0.05, 0) is 30.7 Å². The summed E-state index contributed by atoms with van der Waals surface area (Å²) in [5.41, 5.74) is 3.35. The van der Waals surface area contributed by atoms with E-state index in [2.05, 4.69) is 4.89 Å². The summed E-state index contributed by atoms with van der Waals surface area (Å²) in [6.45, 7) is 1.85. The van der Waals surface area contributed by atoms with Crippen LogP contribution in [0.1, 0.15) is 5.56 Å². The highest BCUT2D eigenvalue weighted by atomic mass is 17.1. The van der Waals surface area contributed by atoms with Crippen molar-refractivity contribution in [3.63, 3.8) is 0 Å². The minimum absolute atomic E-state index is 0.0205. The Morgan fingerprint density at radius 1 is 0.880 bits per heavy atom. The molecule has 1 aromatic heterocycles. The Hall–Kier alpha value is -2.80. The Balaban J connectivity index is 2.18. The molecule has 0 fully saturated rings. The van der Waals surface area contributed by atoms with E-state index >= 15 is 0 Å². The Labute approximate surface area is 144 Å². The van der Waals surface area contributed by atoms with Gasteiger partial charge in [0.25, 0.3) is 0 Å². The first-order chi connectivity index (χ1) is 12.1. The summed E-state index contributed by atoms with van der Waals surface area (Å²) in [4.78, 5) is 4.57. The molecule has 0 amide bonds.